The molecule has 2 bridgehead atoms. The number of fused-ring (bicyclic) bond motifs is 3. The monoisotopic (exact) mass is 762 g/mol. The molecule has 0 saturated carbocycles. The number of likely N-dealkylation sites (tertiary alicyclic amines) is 2. The summed E-state index contributed by atoms with van der Waals surface area (Å²) < 4.78 is 5.50. The lowest BCUT2D eigenvalue weighted by Crippen LogP contribution is -2.74. The molecule has 53 heavy (non-hydrogen) atoms. The number of para-hydroxylation sites is 1. The number of imide groups is 1. The minimum Gasteiger partial charge on any atom is -0.496 e. The van der Waals surface area contributed by atoms with Crippen molar-refractivity contribution in [1.82, 2.24) is 30.0 Å². The van der Waals surface area contributed by atoms with E-state index in [-0.39, 0.29) is 11.3 Å². The second kappa shape index (κ2) is 15.3. The minimum atomic E-state index is -1.15. The first-order valence-corrected chi connectivity index (χ1v) is 18.8. The molecule has 2 N–H and O–H groups in total. The third-order valence-corrected chi connectivity index (χ3v) is 12.4. The molecule has 0 aromatic heterocycles. The zero-order valence-electron chi connectivity index (χ0n) is 29.7. The number of carbonyl (C=O) groups is 4. The Bertz CT molecular complexity index is 1870. The predicted octanol–water partition coefficient (Wildman–Crippen LogP) is 4.70. The van der Waals surface area contributed by atoms with Gasteiger partial charge in [0, 0.05) is 44.7 Å². The Morgan fingerprint density at radius 2 is 1.53 bits per heavy atom. The van der Waals surface area contributed by atoms with Crippen LogP contribution in [0, 0.1) is 0 Å². The van der Waals surface area contributed by atoms with Crippen LogP contribution in [0.15, 0.2) is 72.8 Å². The summed E-state index contributed by atoms with van der Waals surface area (Å²) >= 11 is 12.9. The van der Waals surface area contributed by atoms with Crippen LogP contribution in [0.5, 0.6) is 5.75 Å². The number of nitrogens with zero attached hydrogens (tertiary/aromatic N) is 5. The van der Waals surface area contributed by atoms with Crippen LogP contribution in [-0.2, 0) is 20.4 Å². The first kappa shape index (κ1) is 37.1. The van der Waals surface area contributed by atoms with Gasteiger partial charge >= 0.3 is 12.0 Å². The van der Waals surface area contributed by atoms with E-state index < -0.39 is 29.5 Å². The maximum absolute atomic E-state index is 14.3. The largest absolute Gasteiger partial charge is 0.496 e. The van der Waals surface area contributed by atoms with Gasteiger partial charge in [0.15, 0.2) is 0 Å². The van der Waals surface area contributed by atoms with E-state index in [9.17, 15) is 24.3 Å². The lowest BCUT2D eigenvalue weighted by atomic mass is 9.71. The molecule has 5 saturated heterocycles. The lowest BCUT2D eigenvalue weighted by molar-refractivity contribution is -0.190. The van der Waals surface area contributed by atoms with Crippen molar-refractivity contribution in [3.05, 3.63) is 99.5 Å². The highest BCUT2D eigenvalue weighted by molar-refractivity contribution is 6.42. The molecule has 3 aromatic rings. The van der Waals surface area contributed by atoms with Gasteiger partial charge in [-0.1, -0.05) is 71.7 Å². The molecule has 4 amide bonds. The van der Waals surface area contributed by atoms with Crippen LogP contribution >= 0.6 is 23.2 Å². The summed E-state index contributed by atoms with van der Waals surface area (Å²) in [6, 6.07) is 21.8. The van der Waals surface area contributed by atoms with Crippen molar-refractivity contribution in [2.24, 2.45) is 0 Å². The number of urea groups is 1. The first-order valence-electron chi connectivity index (χ1n) is 18.1. The Labute approximate surface area is 319 Å². The second-order valence-corrected chi connectivity index (χ2v) is 15.2. The highest BCUT2D eigenvalue weighted by Crippen LogP contribution is 2.42. The molecule has 12 nitrogen and oxygen atoms in total. The number of nitrogens with one attached hydrogen (secondary N) is 1. The fraction of sp³-hybridized carbons (Fsp3) is 0.436. The number of benzene rings is 3. The van der Waals surface area contributed by atoms with Crippen molar-refractivity contribution in [3.63, 3.8) is 0 Å². The number of amides is 4. The van der Waals surface area contributed by atoms with Gasteiger partial charge in [-0.15, -0.1) is 0 Å². The number of carboxylic acid groups (broad SMARTS) is 1. The van der Waals surface area contributed by atoms with Gasteiger partial charge in [-0.25, -0.2) is 19.6 Å². The van der Waals surface area contributed by atoms with E-state index in [1.165, 1.54) is 5.01 Å². The summed E-state index contributed by atoms with van der Waals surface area (Å²) in [5.41, 5.74) is 0.990. The van der Waals surface area contributed by atoms with Crippen LogP contribution in [-0.4, -0.2) is 126 Å². The van der Waals surface area contributed by atoms with Gasteiger partial charge in [0.05, 0.1) is 28.1 Å². The Morgan fingerprint density at radius 1 is 0.830 bits per heavy atom. The van der Waals surface area contributed by atoms with E-state index in [1.54, 1.807) is 29.2 Å². The summed E-state index contributed by atoms with van der Waals surface area (Å²) in [5, 5.41) is 16.4. The molecule has 0 spiro atoms. The number of hydrogen-bond donors (Lipinski definition) is 2. The number of aliphatic carboxylic acids is 1. The number of piperazine rings is 1. The highest BCUT2D eigenvalue weighted by atomic mass is 35.5. The highest BCUT2D eigenvalue weighted by Gasteiger charge is 2.49. The van der Waals surface area contributed by atoms with Gasteiger partial charge in [0.2, 0.25) is 12.1 Å². The molecule has 14 heteroatoms. The van der Waals surface area contributed by atoms with Crippen molar-refractivity contribution < 1.29 is 29.0 Å². The van der Waals surface area contributed by atoms with E-state index in [0.29, 0.717) is 93.1 Å². The topological polar surface area (TPSA) is 126 Å². The second-order valence-electron chi connectivity index (χ2n) is 14.4. The third kappa shape index (κ3) is 7.10. The number of hydrogen-bond acceptors (Lipinski definition) is 8. The summed E-state index contributed by atoms with van der Waals surface area (Å²) in [7, 11) is 1.56. The number of methoxy groups -OCH3 is 1. The smallest absolute Gasteiger partial charge is 0.343 e. The van der Waals surface area contributed by atoms with Crippen LogP contribution in [0.3, 0.4) is 0 Å². The van der Waals surface area contributed by atoms with Crippen molar-refractivity contribution in [2.75, 3.05) is 66.0 Å². The SMILES string of the molecule is COc1ccccc1C(=O)N1CCC(CCN2CCC(C(=O)NC(=O)N3C(C(=O)O)N4CCN3CC4)(c3ccccc3)CC2)(c2ccc(Cl)c(Cl)c2)C1. The van der Waals surface area contributed by atoms with E-state index in [4.69, 9.17) is 27.9 Å². The normalized spacial score (nSPS) is 25.2. The lowest BCUT2D eigenvalue weighted by Gasteiger charge is -2.52. The number of carbonyl (C=O) groups excluding carboxylic acids is 3. The third-order valence-electron chi connectivity index (χ3n) is 11.7. The standard InChI is InChI=1S/C39H44Cl2N6O6/c1-53-32-10-6-5-9-29(32)34(48)45-20-14-38(26-45,28-11-12-30(40)31(41)25-28)13-17-43-18-15-39(16-19-43,27-7-3-2-4-8-27)36(51)42-37(52)47-33(35(49)50)44-21-23-46(47)24-22-44/h2-12,25,33H,13-24,26H2,1H3,(H,49,50)(H,42,51,52). The Kier molecular flexibility index (Phi) is 10.7. The summed E-state index contributed by atoms with van der Waals surface area (Å²) in [4.78, 5) is 59.9. The van der Waals surface area contributed by atoms with Crippen molar-refractivity contribution in [1.29, 1.82) is 0 Å². The minimum absolute atomic E-state index is 0.0865. The molecule has 5 aliphatic rings. The van der Waals surface area contributed by atoms with E-state index >= 15 is 0 Å². The molecule has 5 heterocycles. The number of carboxylic acids is 1. The first-order chi connectivity index (χ1) is 25.5. The summed E-state index contributed by atoms with van der Waals surface area (Å²) in [5.74, 6) is -1.11. The number of halogens is 2. The number of piperidine rings is 1. The number of ether oxygens (including phenoxy) is 1. The van der Waals surface area contributed by atoms with Crippen LogP contribution in [0.25, 0.3) is 0 Å². The molecule has 0 aliphatic carbocycles. The quantitative estimate of drug-likeness (QED) is 0.319. The van der Waals surface area contributed by atoms with E-state index in [2.05, 4.69) is 10.2 Å². The molecular weight excluding hydrogens is 719 g/mol. The van der Waals surface area contributed by atoms with Crippen LogP contribution in [0.4, 0.5) is 4.79 Å². The molecule has 0 radical (unpaired) electrons. The van der Waals surface area contributed by atoms with Gasteiger partial charge in [-0.05, 0) is 80.7 Å². The Balaban J connectivity index is 1.08. The number of rotatable bonds is 9. The van der Waals surface area contributed by atoms with Crippen molar-refractivity contribution in [3.8, 4) is 5.75 Å². The summed E-state index contributed by atoms with van der Waals surface area (Å²) in [6.45, 7) is 5.08. The molecule has 3 aromatic carbocycles. The van der Waals surface area contributed by atoms with Gasteiger partial charge in [-0.3, -0.25) is 19.8 Å². The Morgan fingerprint density at radius 3 is 2.21 bits per heavy atom. The zero-order valence-corrected chi connectivity index (χ0v) is 31.2. The molecule has 8 rings (SSSR count). The average molecular weight is 764 g/mol. The van der Waals surface area contributed by atoms with Crippen molar-refractivity contribution >= 4 is 47.0 Å². The van der Waals surface area contributed by atoms with Gasteiger partial charge in [0.25, 0.3) is 5.91 Å². The fourth-order valence-corrected chi connectivity index (χ4v) is 8.94. The van der Waals surface area contributed by atoms with E-state index in [0.717, 1.165) is 24.0 Å². The van der Waals surface area contributed by atoms with Crippen LogP contribution in [0.1, 0.15) is 47.2 Å². The predicted molar refractivity (Wildman–Crippen MR) is 200 cm³/mol. The Hall–Kier alpha value is -4.20. The van der Waals surface area contributed by atoms with Crippen molar-refractivity contribution in [2.45, 2.75) is 42.7 Å². The van der Waals surface area contributed by atoms with E-state index in [1.807, 2.05) is 65.6 Å². The maximum atomic E-state index is 14.3. The van der Waals surface area contributed by atoms with Gasteiger partial charge < -0.3 is 19.6 Å². The van der Waals surface area contributed by atoms with Gasteiger partial charge in [0.1, 0.15) is 5.75 Å². The average Bonchev–Trinajstić information content (AvgIpc) is 3.64. The molecule has 280 valence electrons. The molecule has 2 unspecified atom stereocenters. The molecule has 5 fully saturated rings. The fourth-order valence-electron chi connectivity index (χ4n) is 8.64. The maximum Gasteiger partial charge on any atom is 0.343 e. The van der Waals surface area contributed by atoms with Gasteiger partial charge in [-0.2, -0.15) is 0 Å². The molecule has 5 aliphatic heterocycles. The number of hydrazine groups is 1. The zero-order chi connectivity index (χ0) is 37.3. The van der Waals surface area contributed by atoms with Crippen LogP contribution in [0.2, 0.25) is 10.0 Å². The van der Waals surface area contributed by atoms with Crippen LogP contribution < -0.4 is 10.1 Å². The summed E-state index contributed by atoms with van der Waals surface area (Å²) in [6.07, 6.45) is 1.25. The molecule has 2 atom stereocenters. The molecular formula is C39H44Cl2N6O6.